The molecule has 15 aromatic carbocycles. The third-order valence-corrected chi connectivity index (χ3v) is 17.8. The second kappa shape index (κ2) is 30.5. The summed E-state index contributed by atoms with van der Waals surface area (Å²) in [6, 6.07) is 124. The molecule has 0 aliphatic heterocycles. The molecule has 0 fully saturated rings. The van der Waals surface area contributed by atoms with Gasteiger partial charge in [-0.1, -0.05) is 170 Å². The number of hydrogen-bond donors (Lipinski definition) is 0. The van der Waals surface area contributed by atoms with Crippen molar-refractivity contribution in [3.05, 3.63) is 390 Å². The molecule has 0 aromatic heterocycles. The van der Waals surface area contributed by atoms with E-state index in [1.54, 1.807) is 24.3 Å². The van der Waals surface area contributed by atoms with Gasteiger partial charge in [-0.15, -0.1) is 0 Å². The molecule has 13 heteroatoms. The van der Waals surface area contributed by atoms with E-state index in [0.29, 0.717) is 5.56 Å². The van der Waals surface area contributed by atoms with Crippen LogP contribution in [-0.2, 0) is 0 Å². The molecule has 0 bridgehead atoms. The van der Waals surface area contributed by atoms with Crippen LogP contribution in [0.5, 0.6) is 0 Å². The Bertz CT molecular complexity index is 5360. The van der Waals surface area contributed by atoms with Crippen LogP contribution in [0.1, 0.15) is 5.56 Å². The van der Waals surface area contributed by atoms with Crippen molar-refractivity contribution in [2.45, 2.75) is 0 Å². The summed E-state index contributed by atoms with van der Waals surface area (Å²) in [5.74, 6) is 0. The van der Waals surface area contributed by atoms with E-state index in [9.17, 15) is 20.2 Å². The Morgan fingerprint density at radius 3 is 0.832 bits per heavy atom. The van der Waals surface area contributed by atoms with Gasteiger partial charge in [0.1, 0.15) is 0 Å². The van der Waals surface area contributed by atoms with Gasteiger partial charge in [-0.25, -0.2) is 0 Å². The van der Waals surface area contributed by atoms with Crippen molar-refractivity contribution in [1.82, 2.24) is 0 Å². The lowest BCUT2D eigenvalue weighted by Crippen LogP contribution is -2.12. The molecule has 13 nitrogen and oxygen atoms in total. The predicted octanol–water partition coefficient (Wildman–Crippen LogP) is 23.9. The first kappa shape index (κ1) is 65.8. The van der Waals surface area contributed by atoms with Crippen molar-refractivity contribution in [3.63, 3.8) is 0 Å². The smallest absolute Gasteiger partial charge is 0.271 e. The Labute approximate surface area is 587 Å². The summed E-state index contributed by atoms with van der Waals surface area (Å²) < 4.78 is 0. The fraction of sp³-hybridized carbons (Fsp3) is 0.0341. The molecule has 0 aliphatic rings. The van der Waals surface area contributed by atoms with Gasteiger partial charge in [0.05, 0.1) is 38.5 Å². The monoisotopic (exact) mass is 1320 g/mol. The molecule has 0 aliphatic carbocycles. The third kappa shape index (κ3) is 14.8. The van der Waals surface area contributed by atoms with Gasteiger partial charge >= 0.3 is 0 Å². The number of nitriles is 1. The zero-order valence-electron chi connectivity index (χ0n) is 55.8. The van der Waals surface area contributed by atoms with E-state index in [0.717, 1.165) is 85.3 Å². The number of non-ortho nitro benzene ring substituents is 2. The minimum absolute atomic E-state index is 0.0761. The normalized spacial score (nSPS) is 10.7. The van der Waals surface area contributed by atoms with Crippen LogP contribution in [0.25, 0.3) is 32.3 Å². The fourth-order valence-electron chi connectivity index (χ4n) is 12.5. The van der Waals surface area contributed by atoms with Crippen LogP contribution in [0.15, 0.2) is 364 Å². The quantitative estimate of drug-likeness (QED) is 0.0638. The Morgan fingerprint density at radius 1 is 0.257 bits per heavy atom. The molecule has 15 aromatic rings. The highest BCUT2D eigenvalue weighted by Gasteiger charge is 2.20. The number of nitrogens with zero attached hydrogens (tertiary/aromatic N) is 9. The molecule has 15 rings (SSSR count). The number of rotatable bonds is 17. The second-order valence-corrected chi connectivity index (χ2v) is 23.9. The van der Waals surface area contributed by atoms with Crippen LogP contribution in [0, 0.1) is 31.6 Å². The molecule has 0 N–H and O–H groups in total. The average molecular weight is 1320 g/mol. The van der Waals surface area contributed by atoms with E-state index in [1.165, 1.54) is 50.5 Å². The summed E-state index contributed by atoms with van der Waals surface area (Å²) in [6.45, 7) is 0. The van der Waals surface area contributed by atoms with Gasteiger partial charge in [-0.05, 0) is 186 Å². The highest BCUT2D eigenvalue weighted by atomic mass is 16.6. The standard InChI is InChI=1S/C30H23N3.2C29H23N3O2/c1-32(25-16-14-23(22-31)15-17-25)26-18-20-28(21-19-26)33(27-10-3-2-4-11-27)30-13-7-9-24-8-5-6-12-29(24)30;1-30(26-13-8-14-27(21-26)32(33)34)23-17-19-25(20-18-23)31(24-11-3-2-4-12-24)29-16-7-10-22-9-5-6-15-28(22)29;1-30(24-16-20-27(21-17-24)32(33)34)23-14-18-26(19-15-23)31(25-10-3-2-4-11-25)29-13-7-9-22-8-5-6-12-28(22)29/h2-21H,1H3;2*2-21H,1H3. The number of anilines is 15. The third-order valence-electron chi connectivity index (χ3n) is 17.8. The minimum Gasteiger partial charge on any atom is -0.345 e. The van der Waals surface area contributed by atoms with Crippen LogP contribution in [0.3, 0.4) is 0 Å². The van der Waals surface area contributed by atoms with E-state index in [1.807, 2.05) is 116 Å². The molecule has 101 heavy (non-hydrogen) atoms. The lowest BCUT2D eigenvalue weighted by atomic mass is 10.1. The van der Waals surface area contributed by atoms with Crippen LogP contribution in [0.2, 0.25) is 0 Å². The van der Waals surface area contributed by atoms with Crippen LogP contribution in [0.4, 0.5) is 96.7 Å². The first-order valence-electron chi connectivity index (χ1n) is 33.0. The molecule has 0 radical (unpaired) electrons. The van der Waals surface area contributed by atoms with E-state index in [4.69, 9.17) is 5.26 Å². The topological polar surface area (TPSA) is 130 Å². The first-order chi connectivity index (χ1) is 49.5. The zero-order valence-corrected chi connectivity index (χ0v) is 55.8. The average Bonchev–Trinajstić information content (AvgIpc) is 0.793. The molecule has 0 spiro atoms. The Balaban J connectivity index is 0.000000135. The summed E-state index contributed by atoms with van der Waals surface area (Å²) in [4.78, 5) is 34.3. The molecule has 0 atom stereocenters. The zero-order chi connectivity index (χ0) is 69.6. The van der Waals surface area contributed by atoms with Crippen LogP contribution >= 0.6 is 0 Å². The van der Waals surface area contributed by atoms with E-state index in [-0.39, 0.29) is 21.2 Å². The van der Waals surface area contributed by atoms with Crippen molar-refractivity contribution >= 4 is 129 Å². The maximum Gasteiger partial charge on any atom is 0.271 e. The van der Waals surface area contributed by atoms with Crippen molar-refractivity contribution in [2.75, 3.05) is 50.5 Å². The number of nitro groups is 2. The fourth-order valence-corrected chi connectivity index (χ4v) is 12.5. The largest absolute Gasteiger partial charge is 0.345 e. The number of nitro benzene ring substituents is 2. The van der Waals surface area contributed by atoms with Crippen molar-refractivity contribution < 1.29 is 9.85 Å². The highest BCUT2D eigenvalue weighted by molar-refractivity contribution is 6.01. The lowest BCUT2D eigenvalue weighted by molar-refractivity contribution is -0.385. The van der Waals surface area contributed by atoms with Gasteiger partial charge in [-0.3, -0.25) is 20.2 Å². The van der Waals surface area contributed by atoms with Crippen LogP contribution < -0.4 is 29.4 Å². The summed E-state index contributed by atoms with van der Waals surface area (Å²) in [5, 5.41) is 38.3. The van der Waals surface area contributed by atoms with Gasteiger partial charge in [0, 0.05) is 130 Å². The summed E-state index contributed by atoms with van der Waals surface area (Å²) >= 11 is 0. The Kier molecular flexibility index (Phi) is 19.9. The molecule has 0 amide bonds. The van der Waals surface area contributed by atoms with Gasteiger partial charge in [0.2, 0.25) is 0 Å². The number of benzene rings is 15. The Morgan fingerprint density at radius 2 is 0.505 bits per heavy atom. The number of hydrogen-bond acceptors (Lipinski definition) is 11. The van der Waals surface area contributed by atoms with E-state index < -0.39 is 0 Å². The van der Waals surface area contributed by atoms with Crippen molar-refractivity contribution in [2.24, 2.45) is 0 Å². The molecule has 0 heterocycles. The molecule has 0 saturated heterocycles. The van der Waals surface area contributed by atoms with E-state index >= 15 is 0 Å². The molecule has 0 unspecified atom stereocenters. The van der Waals surface area contributed by atoms with Gasteiger partial charge < -0.3 is 29.4 Å². The molecular formula is C88H69N9O4. The summed E-state index contributed by atoms with van der Waals surface area (Å²) in [5.41, 5.74) is 16.3. The molecule has 490 valence electrons. The van der Waals surface area contributed by atoms with Gasteiger partial charge in [-0.2, -0.15) is 5.26 Å². The number of fused-ring (bicyclic) bond motifs is 3. The first-order valence-corrected chi connectivity index (χ1v) is 33.0. The van der Waals surface area contributed by atoms with Crippen molar-refractivity contribution in [3.8, 4) is 6.07 Å². The second-order valence-electron chi connectivity index (χ2n) is 23.9. The van der Waals surface area contributed by atoms with Crippen molar-refractivity contribution in [1.29, 1.82) is 5.26 Å². The minimum atomic E-state index is -0.385. The molecular weight excluding hydrogens is 1250 g/mol. The maximum absolute atomic E-state index is 11.2. The SMILES string of the molecule is CN(c1ccc(C#N)cc1)c1ccc(N(c2ccccc2)c2cccc3ccccc23)cc1.CN(c1ccc(N(c2ccccc2)c2cccc3ccccc23)cc1)c1ccc([N+](=O)[O-])cc1.CN(c1ccc(N(c2ccccc2)c2cccc3ccccc23)cc1)c1cccc([N+](=O)[O-])c1. The van der Waals surface area contributed by atoms with Crippen LogP contribution in [-0.4, -0.2) is 31.0 Å². The van der Waals surface area contributed by atoms with Gasteiger partial charge in [0.25, 0.3) is 11.4 Å². The summed E-state index contributed by atoms with van der Waals surface area (Å²) in [7, 11) is 5.90. The van der Waals surface area contributed by atoms with Gasteiger partial charge in [0.15, 0.2) is 0 Å². The summed E-state index contributed by atoms with van der Waals surface area (Å²) in [6.07, 6.45) is 0. The lowest BCUT2D eigenvalue weighted by Gasteiger charge is -2.27. The highest BCUT2D eigenvalue weighted by Crippen LogP contribution is 2.44. The predicted molar refractivity (Wildman–Crippen MR) is 417 cm³/mol. The Hall–Kier alpha value is -13.8. The molecule has 0 saturated carbocycles. The number of para-hydroxylation sites is 3. The maximum atomic E-state index is 11.2. The van der Waals surface area contributed by atoms with E-state index in [2.05, 4.69) is 262 Å².